The number of carbonyl (C=O) groups is 2. The van der Waals surface area contributed by atoms with Gasteiger partial charge in [-0.25, -0.2) is 9.59 Å². The molecule has 2 N–H and O–H groups in total. The van der Waals surface area contributed by atoms with E-state index >= 15 is 0 Å². The van der Waals surface area contributed by atoms with E-state index in [-0.39, 0.29) is 46.9 Å². The number of urea groups is 2. The van der Waals surface area contributed by atoms with Crippen LogP contribution in [0.5, 0.6) is 0 Å². The third kappa shape index (κ3) is 5.84. The third-order valence-electron chi connectivity index (χ3n) is 10.4. The molecule has 0 saturated carbocycles. The van der Waals surface area contributed by atoms with Gasteiger partial charge in [-0.05, 0) is 78.6 Å². The molecule has 8 rings (SSSR count). The van der Waals surface area contributed by atoms with Crippen molar-refractivity contribution >= 4 is 23.4 Å². The van der Waals surface area contributed by atoms with E-state index in [9.17, 15) is 19.2 Å². The highest BCUT2D eigenvalue weighted by Gasteiger charge is 2.37. The van der Waals surface area contributed by atoms with Crippen molar-refractivity contribution in [2.24, 2.45) is 11.8 Å². The van der Waals surface area contributed by atoms with E-state index in [0.717, 1.165) is 53.2 Å². The van der Waals surface area contributed by atoms with Gasteiger partial charge >= 0.3 is 12.1 Å². The summed E-state index contributed by atoms with van der Waals surface area (Å²) in [6.45, 7) is 3.83. The quantitative estimate of drug-likeness (QED) is 0.334. The Labute approximate surface area is 272 Å². The third-order valence-corrected chi connectivity index (χ3v) is 10.4. The van der Waals surface area contributed by atoms with Crippen molar-refractivity contribution in [2.45, 2.75) is 44.2 Å². The van der Waals surface area contributed by atoms with Crippen LogP contribution in [-0.4, -0.2) is 57.2 Å². The van der Waals surface area contributed by atoms with Crippen LogP contribution in [-0.2, 0) is 19.5 Å². The molecule has 0 radical (unpaired) electrons. The molecule has 4 atom stereocenters. The molecule has 0 spiro atoms. The molecule has 0 aliphatic carbocycles. The Balaban J connectivity index is 0.843. The highest BCUT2D eigenvalue weighted by atomic mass is 16.2. The van der Waals surface area contributed by atoms with E-state index in [1.54, 1.807) is 12.1 Å². The number of fused-ring (bicyclic) bond motifs is 8. The van der Waals surface area contributed by atoms with Crippen molar-refractivity contribution in [3.05, 3.63) is 128 Å². The molecule has 2 aromatic heterocycles. The lowest BCUT2D eigenvalue weighted by molar-refractivity contribution is 0.139. The van der Waals surface area contributed by atoms with Gasteiger partial charge in [-0.1, -0.05) is 36.4 Å². The second-order valence-electron chi connectivity index (χ2n) is 13.6. The number of piperidine rings is 2. The predicted octanol–water partition coefficient (Wildman–Crippen LogP) is 4.90. The van der Waals surface area contributed by atoms with Crippen molar-refractivity contribution in [2.75, 3.05) is 36.8 Å². The Hall–Kier alpha value is -5.12. The normalized spacial score (nSPS) is 22.6. The molecule has 4 bridgehead atoms. The first-order valence-corrected chi connectivity index (χ1v) is 16.6. The number of anilines is 2. The van der Waals surface area contributed by atoms with Crippen molar-refractivity contribution in [3.8, 4) is 0 Å². The van der Waals surface area contributed by atoms with Gasteiger partial charge < -0.3 is 29.6 Å². The fraction of sp³-hybridized carbons (Fsp3) is 0.351. The van der Waals surface area contributed by atoms with Gasteiger partial charge in [0, 0.05) is 86.0 Å². The molecule has 2 fully saturated rings. The molecule has 10 heteroatoms. The minimum Gasteiger partial charge on any atom is -0.324 e. The molecule has 240 valence electrons. The molecule has 4 aliphatic heterocycles. The Morgan fingerprint density at radius 3 is 1.40 bits per heavy atom. The van der Waals surface area contributed by atoms with E-state index in [0.29, 0.717) is 39.3 Å². The summed E-state index contributed by atoms with van der Waals surface area (Å²) in [5, 5.41) is 6.12. The SMILES string of the molecule is O=C(Nc1ccc(Cc2ccc(NC(=O)N3C[C@@H]4C[C@@H](C3)c3cccc(=O)n3C4)cc2)cc1)N1C[C@@H]2C[C@H](C1)c1cccc(=O)n1C2. The minimum absolute atomic E-state index is 0.0426. The lowest BCUT2D eigenvalue weighted by atomic mass is 9.83. The van der Waals surface area contributed by atoms with Crippen LogP contribution in [0, 0.1) is 11.8 Å². The lowest BCUT2D eigenvalue weighted by Gasteiger charge is -2.42. The predicted molar refractivity (Wildman–Crippen MR) is 180 cm³/mol. The monoisotopic (exact) mass is 630 g/mol. The van der Waals surface area contributed by atoms with Gasteiger partial charge in [0.05, 0.1) is 0 Å². The number of likely N-dealkylation sites (tertiary alicyclic amines) is 2. The Morgan fingerprint density at radius 2 is 0.979 bits per heavy atom. The summed E-state index contributed by atoms with van der Waals surface area (Å²) < 4.78 is 3.75. The van der Waals surface area contributed by atoms with Crippen molar-refractivity contribution < 1.29 is 9.59 Å². The summed E-state index contributed by atoms with van der Waals surface area (Å²) in [5.41, 5.74) is 5.88. The number of amides is 4. The van der Waals surface area contributed by atoms with Crippen molar-refractivity contribution in [1.82, 2.24) is 18.9 Å². The minimum atomic E-state index is -0.107. The van der Waals surface area contributed by atoms with Gasteiger partial charge in [-0.2, -0.15) is 0 Å². The highest BCUT2D eigenvalue weighted by Crippen LogP contribution is 2.36. The van der Waals surface area contributed by atoms with Crippen LogP contribution in [0.25, 0.3) is 0 Å². The van der Waals surface area contributed by atoms with Gasteiger partial charge in [-0.3, -0.25) is 9.59 Å². The smallest absolute Gasteiger partial charge is 0.321 e. The van der Waals surface area contributed by atoms with Crippen LogP contribution in [0.4, 0.5) is 21.0 Å². The molecule has 4 aromatic rings. The van der Waals surface area contributed by atoms with Gasteiger partial charge in [0.1, 0.15) is 0 Å². The zero-order valence-electron chi connectivity index (χ0n) is 26.2. The highest BCUT2D eigenvalue weighted by molar-refractivity contribution is 5.90. The Bertz CT molecular complexity index is 1810. The van der Waals surface area contributed by atoms with Gasteiger partial charge in [-0.15, -0.1) is 0 Å². The number of benzene rings is 2. The maximum absolute atomic E-state index is 13.2. The molecular weight excluding hydrogens is 592 g/mol. The fourth-order valence-corrected chi connectivity index (χ4v) is 8.18. The zero-order valence-corrected chi connectivity index (χ0v) is 26.2. The summed E-state index contributed by atoms with van der Waals surface area (Å²) in [6, 6.07) is 26.5. The average Bonchev–Trinajstić information content (AvgIpc) is 3.07. The molecule has 47 heavy (non-hydrogen) atoms. The summed E-state index contributed by atoms with van der Waals surface area (Å²) >= 11 is 0. The molecule has 10 nitrogen and oxygen atoms in total. The molecular formula is C37H38N6O4. The average molecular weight is 631 g/mol. The summed E-state index contributed by atoms with van der Waals surface area (Å²) in [7, 11) is 0. The molecule has 4 aliphatic rings. The largest absolute Gasteiger partial charge is 0.324 e. The first-order valence-electron chi connectivity index (χ1n) is 16.6. The van der Waals surface area contributed by atoms with E-state index in [2.05, 4.69) is 10.6 Å². The first kappa shape index (κ1) is 29.3. The number of rotatable bonds is 4. The van der Waals surface area contributed by atoms with Gasteiger partial charge in [0.25, 0.3) is 11.1 Å². The van der Waals surface area contributed by atoms with Crippen LogP contribution in [0.1, 0.15) is 47.2 Å². The summed E-state index contributed by atoms with van der Waals surface area (Å²) in [5.74, 6) is 0.927. The molecule has 2 saturated heterocycles. The van der Waals surface area contributed by atoms with Gasteiger partial charge in [0.2, 0.25) is 0 Å². The Kier molecular flexibility index (Phi) is 7.42. The summed E-state index contributed by atoms with van der Waals surface area (Å²) in [4.78, 5) is 54.7. The molecule has 0 unspecified atom stereocenters. The first-order chi connectivity index (χ1) is 22.9. The second kappa shape index (κ2) is 11.9. The van der Waals surface area contributed by atoms with E-state index in [4.69, 9.17) is 0 Å². The number of hydrogen-bond donors (Lipinski definition) is 2. The standard InChI is InChI=1S/C37H38N6O4/c44-34-5-1-3-32-28-16-26(20-42(32)34)18-40(22-28)36(46)38-30-11-7-24(8-12-30)15-25-9-13-31(14-10-25)39-37(47)41-19-27-17-29(23-41)33-4-2-6-35(45)43(33)21-27/h1-14,26-29H,15-23H2,(H,38,46)(H,39,47)/t26-,27-,28-,29+/m0/s1. The number of carbonyl (C=O) groups excluding carboxylic acids is 2. The Morgan fingerprint density at radius 1 is 0.553 bits per heavy atom. The number of nitrogens with one attached hydrogen (secondary N) is 2. The maximum atomic E-state index is 13.2. The van der Waals surface area contributed by atoms with Crippen LogP contribution in [0.15, 0.2) is 94.5 Å². The van der Waals surface area contributed by atoms with Crippen LogP contribution >= 0.6 is 0 Å². The lowest BCUT2D eigenvalue weighted by Crippen LogP contribution is -2.50. The fourth-order valence-electron chi connectivity index (χ4n) is 8.18. The zero-order chi connectivity index (χ0) is 32.1. The second-order valence-corrected chi connectivity index (χ2v) is 13.6. The molecule has 4 amide bonds. The van der Waals surface area contributed by atoms with Crippen LogP contribution < -0.4 is 21.8 Å². The summed E-state index contributed by atoms with van der Waals surface area (Å²) in [6.07, 6.45) is 2.74. The van der Waals surface area contributed by atoms with Gasteiger partial charge in [0.15, 0.2) is 0 Å². The number of nitrogens with zero attached hydrogens (tertiary/aromatic N) is 4. The van der Waals surface area contributed by atoms with Crippen molar-refractivity contribution in [1.29, 1.82) is 0 Å². The van der Waals surface area contributed by atoms with Crippen LogP contribution in [0.3, 0.4) is 0 Å². The van der Waals surface area contributed by atoms with E-state index in [1.165, 1.54) is 0 Å². The number of pyridine rings is 2. The number of aromatic nitrogens is 2. The van der Waals surface area contributed by atoms with E-state index in [1.807, 2.05) is 91.7 Å². The molecule has 6 heterocycles. The van der Waals surface area contributed by atoms with E-state index < -0.39 is 0 Å². The maximum Gasteiger partial charge on any atom is 0.321 e. The molecule has 2 aromatic carbocycles. The topological polar surface area (TPSA) is 109 Å². The van der Waals surface area contributed by atoms with Crippen molar-refractivity contribution in [3.63, 3.8) is 0 Å². The number of hydrogen-bond acceptors (Lipinski definition) is 4. The van der Waals surface area contributed by atoms with Crippen LogP contribution in [0.2, 0.25) is 0 Å².